The number of benzene rings is 2. The number of anilines is 2. The Kier molecular flexibility index (Phi) is 6.43. The lowest BCUT2D eigenvalue weighted by molar-refractivity contribution is -0.149. The minimum atomic E-state index is -0.875. The molecule has 2 aliphatic heterocycles. The summed E-state index contributed by atoms with van der Waals surface area (Å²) in [6.07, 6.45) is 1.42. The lowest BCUT2D eigenvalue weighted by atomic mass is 9.88. The normalized spacial score (nSPS) is 21.1. The fourth-order valence-electron chi connectivity index (χ4n) is 4.77. The molecule has 172 valence electrons. The summed E-state index contributed by atoms with van der Waals surface area (Å²) in [7, 11) is 3.40. The number of nitrogens with zero attached hydrogens (tertiary/aromatic N) is 3. The smallest absolute Gasteiger partial charge is 0.317 e. The molecule has 0 radical (unpaired) electrons. The number of nitrogens with two attached hydrogens (primary N) is 2. The Labute approximate surface area is 189 Å². The molecule has 8 nitrogen and oxygen atoms in total. The molecule has 1 atom stereocenters. The SMILES string of the molecule is COc1ccc(N2CCN(CC[C@@]3(N(C)C(N)=O)OCCc4cc(N)ccc43)CC2)cc1. The standard InChI is InChI=1S/C24H33N5O3/c1-27(23(26)30)24(22-8-3-19(25)17-18(22)9-16-32-24)10-11-28-12-14-29(15-13-28)20-4-6-21(31-2)7-5-20/h3-8,17H,9-16,25H2,1-2H3,(H2,26,30)/t24-/m1/s1. The van der Waals surface area contributed by atoms with Gasteiger partial charge in [-0.15, -0.1) is 0 Å². The first-order chi connectivity index (χ1) is 15.4. The molecule has 2 aromatic rings. The Morgan fingerprint density at radius 1 is 1.16 bits per heavy atom. The van der Waals surface area contributed by atoms with Crippen molar-refractivity contribution < 1.29 is 14.3 Å². The van der Waals surface area contributed by atoms with Crippen LogP contribution in [0.2, 0.25) is 0 Å². The van der Waals surface area contributed by atoms with Gasteiger partial charge in [-0.25, -0.2) is 4.79 Å². The second-order valence-corrected chi connectivity index (χ2v) is 8.47. The van der Waals surface area contributed by atoms with E-state index in [0.717, 1.165) is 61.7 Å². The molecule has 4 N–H and O–H groups in total. The van der Waals surface area contributed by atoms with Gasteiger partial charge in [0.15, 0.2) is 5.72 Å². The third kappa shape index (κ3) is 4.33. The first-order valence-electron chi connectivity index (χ1n) is 11.1. The molecule has 2 heterocycles. The monoisotopic (exact) mass is 439 g/mol. The van der Waals surface area contributed by atoms with Gasteiger partial charge in [0, 0.05) is 63.1 Å². The van der Waals surface area contributed by atoms with Crippen LogP contribution in [0.25, 0.3) is 0 Å². The zero-order valence-electron chi connectivity index (χ0n) is 18.9. The predicted molar refractivity (Wildman–Crippen MR) is 126 cm³/mol. The van der Waals surface area contributed by atoms with E-state index in [2.05, 4.69) is 21.9 Å². The molecule has 0 saturated carbocycles. The van der Waals surface area contributed by atoms with E-state index in [-0.39, 0.29) is 0 Å². The number of primary amides is 1. The highest BCUT2D eigenvalue weighted by atomic mass is 16.5. The number of nitrogen functional groups attached to an aromatic ring is 1. The van der Waals surface area contributed by atoms with Crippen LogP contribution in [0.4, 0.5) is 16.2 Å². The van der Waals surface area contributed by atoms with E-state index in [1.54, 1.807) is 14.2 Å². The Morgan fingerprint density at radius 3 is 2.53 bits per heavy atom. The Morgan fingerprint density at radius 2 is 1.88 bits per heavy atom. The first kappa shape index (κ1) is 22.2. The zero-order valence-corrected chi connectivity index (χ0v) is 18.9. The number of methoxy groups -OCH3 is 1. The highest BCUT2D eigenvalue weighted by Crippen LogP contribution is 2.39. The number of ether oxygens (including phenoxy) is 2. The average molecular weight is 440 g/mol. The van der Waals surface area contributed by atoms with Gasteiger partial charge >= 0.3 is 6.03 Å². The maximum absolute atomic E-state index is 12.2. The van der Waals surface area contributed by atoms with Crippen molar-refractivity contribution >= 4 is 17.4 Å². The summed E-state index contributed by atoms with van der Waals surface area (Å²) in [5, 5.41) is 0. The average Bonchev–Trinajstić information content (AvgIpc) is 2.82. The highest BCUT2D eigenvalue weighted by molar-refractivity contribution is 5.73. The molecular weight excluding hydrogens is 406 g/mol. The van der Waals surface area contributed by atoms with Crippen LogP contribution in [-0.4, -0.2) is 69.3 Å². The van der Waals surface area contributed by atoms with Crippen LogP contribution in [0, 0.1) is 0 Å². The molecule has 0 bridgehead atoms. The van der Waals surface area contributed by atoms with Gasteiger partial charge in [-0.05, 0) is 48.4 Å². The maximum atomic E-state index is 12.2. The number of carbonyl (C=O) groups excluding carboxylic acids is 1. The molecule has 0 aromatic heterocycles. The fraction of sp³-hybridized carbons (Fsp3) is 0.458. The number of rotatable bonds is 6. The van der Waals surface area contributed by atoms with E-state index in [1.165, 1.54) is 10.6 Å². The van der Waals surface area contributed by atoms with Crippen molar-refractivity contribution in [1.29, 1.82) is 0 Å². The topological polar surface area (TPSA) is 97.3 Å². The van der Waals surface area contributed by atoms with Gasteiger partial charge in [-0.1, -0.05) is 6.07 Å². The lowest BCUT2D eigenvalue weighted by Gasteiger charge is -2.46. The van der Waals surface area contributed by atoms with Gasteiger partial charge in [0.2, 0.25) is 0 Å². The molecule has 0 unspecified atom stereocenters. The number of piperazine rings is 1. The molecule has 0 spiro atoms. The second-order valence-electron chi connectivity index (χ2n) is 8.47. The number of hydrogen-bond acceptors (Lipinski definition) is 6. The Hall–Kier alpha value is -2.97. The van der Waals surface area contributed by atoms with E-state index in [9.17, 15) is 4.79 Å². The molecule has 4 rings (SSSR count). The van der Waals surface area contributed by atoms with Crippen LogP contribution in [0.1, 0.15) is 17.5 Å². The number of urea groups is 1. The highest BCUT2D eigenvalue weighted by Gasteiger charge is 2.43. The molecule has 0 aliphatic carbocycles. The molecule has 8 heteroatoms. The number of hydrogen-bond donors (Lipinski definition) is 2. The quantitative estimate of drug-likeness (QED) is 0.670. The van der Waals surface area contributed by atoms with E-state index < -0.39 is 11.8 Å². The molecule has 2 aliphatic rings. The molecule has 2 amide bonds. The number of carbonyl (C=O) groups is 1. The summed E-state index contributed by atoms with van der Waals surface area (Å²) < 4.78 is 11.6. The van der Waals surface area contributed by atoms with Crippen molar-refractivity contribution in [3.8, 4) is 5.75 Å². The summed E-state index contributed by atoms with van der Waals surface area (Å²) in [6, 6.07) is 13.5. The summed E-state index contributed by atoms with van der Waals surface area (Å²) >= 11 is 0. The maximum Gasteiger partial charge on any atom is 0.317 e. The van der Waals surface area contributed by atoms with Crippen LogP contribution in [0.3, 0.4) is 0 Å². The minimum absolute atomic E-state index is 0.501. The van der Waals surface area contributed by atoms with Crippen molar-refractivity contribution in [1.82, 2.24) is 9.80 Å². The van der Waals surface area contributed by atoms with Crippen LogP contribution < -0.4 is 21.1 Å². The molecule has 1 fully saturated rings. The van der Waals surface area contributed by atoms with Crippen LogP contribution in [0.5, 0.6) is 5.75 Å². The zero-order chi connectivity index (χ0) is 22.7. The van der Waals surface area contributed by atoms with E-state index in [0.29, 0.717) is 13.0 Å². The van der Waals surface area contributed by atoms with Crippen molar-refractivity contribution in [3.05, 3.63) is 53.6 Å². The summed E-state index contributed by atoms with van der Waals surface area (Å²) in [5.74, 6) is 0.866. The third-order valence-corrected chi connectivity index (χ3v) is 6.71. The molecule has 32 heavy (non-hydrogen) atoms. The van der Waals surface area contributed by atoms with Gasteiger partial charge in [0.05, 0.1) is 13.7 Å². The molecule has 2 aromatic carbocycles. The second kappa shape index (κ2) is 9.26. The molecule has 1 saturated heterocycles. The summed E-state index contributed by atoms with van der Waals surface area (Å²) in [5.41, 5.74) is 14.9. The van der Waals surface area contributed by atoms with Gasteiger partial charge in [-0.3, -0.25) is 9.80 Å². The van der Waals surface area contributed by atoms with Crippen molar-refractivity contribution in [3.63, 3.8) is 0 Å². The molecular formula is C24H33N5O3. The van der Waals surface area contributed by atoms with Crippen molar-refractivity contribution in [2.75, 3.05) is 64.1 Å². The summed E-state index contributed by atoms with van der Waals surface area (Å²) in [6.45, 7) is 5.10. The third-order valence-electron chi connectivity index (χ3n) is 6.71. The van der Waals surface area contributed by atoms with E-state index >= 15 is 0 Å². The fourth-order valence-corrected chi connectivity index (χ4v) is 4.77. The number of amides is 2. The first-order valence-corrected chi connectivity index (χ1v) is 11.1. The van der Waals surface area contributed by atoms with Crippen molar-refractivity contribution in [2.45, 2.75) is 18.6 Å². The van der Waals surface area contributed by atoms with Gasteiger partial charge in [0.25, 0.3) is 0 Å². The van der Waals surface area contributed by atoms with Crippen molar-refractivity contribution in [2.24, 2.45) is 5.73 Å². The Bertz CT molecular complexity index is 943. The largest absolute Gasteiger partial charge is 0.497 e. The Balaban J connectivity index is 1.45. The van der Waals surface area contributed by atoms with Gasteiger partial charge in [-0.2, -0.15) is 0 Å². The predicted octanol–water partition coefficient (Wildman–Crippen LogP) is 2.23. The van der Waals surface area contributed by atoms with Crippen LogP contribution in [-0.2, 0) is 16.9 Å². The van der Waals surface area contributed by atoms with Gasteiger partial charge < -0.3 is 25.8 Å². The minimum Gasteiger partial charge on any atom is -0.497 e. The lowest BCUT2D eigenvalue weighted by Crippen LogP contribution is -2.55. The van der Waals surface area contributed by atoms with Crippen LogP contribution in [0.15, 0.2) is 42.5 Å². The number of fused-ring (bicyclic) bond motifs is 1. The van der Waals surface area contributed by atoms with E-state index in [1.807, 2.05) is 30.3 Å². The van der Waals surface area contributed by atoms with E-state index in [4.69, 9.17) is 20.9 Å². The van der Waals surface area contributed by atoms with Crippen LogP contribution >= 0.6 is 0 Å². The summed E-state index contributed by atoms with van der Waals surface area (Å²) in [4.78, 5) is 18.5. The van der Waals surface area contributed by atoms with Gasteiger partial charge in [0.1, 0.15) is 5.75 Å².